The molecule has 108 valence electrons. The third-order valence-electron chi connectivity index (χ3n) is 2.58. The highest BCUT2D eigenvalue weighted by Gasteiger charge is 2.19. The Kier molecular flexibility index (Phi) is 4.11. The van der Waals surface area contributed by atoms with E-state index in [4.69, 9.17) is 9.15 Å². The standard InChI is InChI=1S/C12H17N5O3/c1-7(2)6-19-12(18)11-8(3)17(16-15-11)5-10-14-13-9(4)20-10/h7H,5-6H2,1-4H3. The average Bonchev–Trinajstić information content (AvgIpc) is 2.95. The van der Waals surface area contributed by atoms with Gasteiger partial charge >= 0.3 is 5.97 Å². The number of hydrogen-bond acceptors (Lipinski definition) is 7. The van der Waals surface area contributed by atoms with Gasteiger partial charge in [0.1, 0.15) is 6.54 Å². The molecule has 0 radical (unpaired) electrons. The van der Waals surface area contributed by atoms with Crippen molar-refractivity contribution in [3.05, 3.63) is 23.2 Å². The van der Waals surface area contributed by atoms with Crippen LogP contribution in [0.2, 0.25) is 0 Å². The summed E-state index contributed by atoms with van der Waals surface area (Å²) in [6.07, 6.45) is 0. The number of carbonyl (C=O) groups is 1. The first kappa shape index (κ1) is 14.2. The average molecular weight is 279 g/mol. The number of hydrogen-bond donors (Lipinski definition) is 0. The van der Waals surface area contributed by atoms with E-state index >= 15 is 0 Å². The van der Waals surface area contributed by atoms with E-state index in [1.54, 1.807) is 13.8 Å². The largest absolute Gasteiger partial charge is 0.461 e. The van der Waals surface area contributed by atoms with Crippen molar-refractivity contribution in [3.8, 4) is 0 Å². The molecular formula is C12H17N5O3. The highest BCUT2D eigenvalue weighted by molar-refractivity contribution is 5.88. The van der Waals surface area contributed by atoms with Crippen LogP contribution in [0.25, 0.3) is 0 Å². The van der Waals surface area contributed by atoms with Crippen LogP contribution >= 0.6 is 0 Å². The van der Waals surface area contributed by atoms with Gasteiger partial charge in [0.15, 0.2) is 5.69 Å². The maximum absolute atomic E-state index is 11.9. The molecule has 0 aromatic carbocycles. The smallest absolute Gasteiger partial charge is 0.360 e. The van der Waals surface area contributed by atoms with Crippen molar-refractivity contribution in [1.29, 1.82) is 0 Å². The third kappa shape index (κ3) is 3.19. The van der Waals surface area contributed by atoms with Crippen LogP contribution < -0.4 is 0 Å². The van der Waals surface area contributed by atoms with Gasteiger partial charge in [0.25, 0.3) is 0 Å². The van der Waals surface area contributed by atoms with Crippen LogP contribution in [-0.2, 0) is 11.3 Å². The van der Waals surface area contributed by atoms with Gasteiger partial charge in [0, 0.05) is 6.92 Å². The van der Waals surface area contributed by atoms with Gasteiger partial charge in [-0.2, -0.15) is 0 Å². The lowest BCUT2D eigenvalue weighted by Crippen LogP contribution is -2.12. The van der Waals surface area contributed by atoms with Gasteiger partial charge in [0.05, 0.1) is 12.3 Å². The number of aryl methyl sites for hydroxylation is 1. The molecule has 0 spiro atoms. The predicted molar refractivity (Wildman–Crippen MR) is 68.0 cm³/mol. The van der Waals surface area contributed by atoms with Crippen molar-refractivity contribution in [2.45, 2.75) is 34.2 Å². The maximum Gasteiger partial charge on any atom is 0.360 e. The van der Waals surface area contributed by atoms with Crippen LogP contribution in [0.1, 0.15) is 41.8 Å². The number of aromatic nitrogens is 5. The van der Waals surface area contributed by atoms with Crippen molar-refractivity contribution in [3.63, 3.8) is 0 Å². The van der Waals surface area contributed by atoms with Gasteiger partial charge in [0.2, 0.25) is 11.8 Å². The molecule has 0 atom stereocenters. The second-order valence-corrected chi connectivity index (χ2v) is 4.89. The molecule has 20 heavy (non-hydrogen) atoms. The number of rotatable bonds is 5. The molecule has 0 saturated carbocycles. The van der Waals surface area contributed by atoms with E-state index in [-0.39, 0.29) is 18.2 Å². The van der Waals surface area contributed by atoms with Crippen molar-refractivity contribution in [2.24, 2.45) is 5.92 Å². The lowest BCUT2D eigenvalue weighted by molar-refractivity contribution is 0.0451. The van der Waals surface area contributed by atoms with Crippen LogP contribution in [0.4, 0.5) is 0 Å². The van der Waals surface area contributed by atoms with E-state index in [1.807, 2.05) is 13.8 Å². The molecule has 0 amide bonds. The zero-order valence-electron chi connectivity index (χ0n) is 12.0. The van der Waals surface area contributed by atoms with E-state index in [9.17, 15) is 4.79 Å². The summed E-state index contributed by atoms with van der Waals surface area (Å²) in [7, 11) is 0. The summed E-state index contributed by atoms with van der Waals surface area (Å²) in [6.45, 7) is 8.02. The fourth-order valence-corrected chi connectivity index (χ4v) is 1.54. The van der Waals surface area contributed by atoms with Crippen molar-refractivity contribution < 1.29 is 13.9 Å². The van der Waals surface area contributed by atoms with Gasteiger partial charge in [-0.05, 0) is 12.8 Å². The Morgan fingerprint density at radius 1 is 1.30 bits per heavy atom. The first-order valence-electron chi connectivity index (χ1n) is 6.33. The molecular weight excluding hydrogens is 262 g/mol. The van der Waals surface area contributed by atoms with E-state index in [2.05, 4.69) is 20.5 Å². The first-order valence-corrected chi connectivity index (χ1v) is 6.33. The van der Waals surface area contributed by atoms with Gasteiger partial charge in [-0.3, -0.25) is 0 Å². The van der Waals surface area contributed by atoms with Crippen LogP contribution in [-0.4, -0.2) is 37.8 Å². The Bertz CT molecular complexity index is 602. The Morgan fingerprint density at radius 2 is 2.05 bits per heavy atom. The normalized spacial score (nSPS) is 11.1. The summed E-state index contributed by atoms with van der Waals surface area (Å²) < 4.78 is 11.9. The molecule has 2 aromatic heterocycles. The predicted octanol–water partition coefficient (Wildman–Crippen LogP) is 1.14. The van der Waals surface area contributed by atoms with Crippen molar-refractivity contribution >= 4 is 5.97 Å². The maximum atomic E-state index is 11.9. The molecule has 2 heterocycles. The number of carbonyl (C=O) groups excluding carboxylic acids is 1. The first-order chi connectivity index (χ1) is 9.47. The summed E-state index contributed by atoms with van der Waals surface area (Å²) >= 11 is 0. The molecule has 8 nitrogen and oxygen atoms in total. The fourth-order valence-electron chi connectivity index (χ4n) is 1.54. The van der Waals surface area contributed by atoms with Crippen LogP contribution in [0.3, 0.4) is 0 Å². The second-order valence-electron chi connectivity index (χ2n) is 4.89. The molecule has 0 bridgehead atoms. The third-order valence-corrected chi connectivity index (χ3v) is 2.58. The zero-order chi connectivity index (χ0) is 14.7. The Labute approximate surface area is 116 Å². The van der Waals surface area contributed by atoms with E-state index in [0.29, 0.717) is 24.1 Å². The lowest BCUT2D eigenvalue weighted by Gasteiger charge is -2.05. The quantitative estimate of drug-likeness (QED) is 0.757. The molecule has 0 unspecified atom stereocenters. The molecule has 0 aliphatic rings. The van der Waals surface area contributed by atoms with Gasteiger partial charge in [-0.25, -0.2) is 9.48 Å². The van der Waals surface area contributed by atoms with Gasteiger partial charge < -0.3 is 9.15 Å². The molecule has 0 N–H and O–H groups in total. The SMILES string of the molecule is Cc1nnc(Cn2nnc(C(=O)OCC(C)C)c2C)o1. The minimum Gasteiger partial charge on any atom is -0.461 e. The van der Waals surface area contributed by atoms with Crippen molar-refractivity contribution in [2.75, 3.05) is 6.61 Å². The topological polar surface area (TPSA) is 95.9 Å². The summed E-state index contributed by atoms with van der Waals surface area (Å²) in [6, 6.07) is 0. The van der Waals surface area contributed by atoms with E-state index < -0.39 is 5.97 Å². The van der Waals surface area contributed by atoms with Gasteiger partial charge in [-0.15, -0.1) is 15.3 Å². The van der Waals surface area contributed by atoms with Gasteiger partial charge in [-0.1, -0.05) is 19.1 Å². The highest BCUT2D eigenvalue weighted by Crippen LogP contribution is 2.09. The molecule has 0 fully saturated rings. The molecule has 0 aliphatic carbocycles. The number of ether oxygens (including phenoxy) is 1. The summed E-state index contributed by atoms with van der Waals surface area (Å²) in [5, 5.41) is 15.4. The van der Waals surface area contributed by atoms with E-state index in [0.717, 1.165) is 0 Å². The van der Waals surface area contributed by atoms with Crippen LogP contribution in [0.15, 0.2) is 4.42 Å². The molecule has 2 aromatic rings. The fraction of sp³-hybridized carbons (Fsp3) is 0.583. The second kappa shape index (κ2) is 5.81. The van der Waals surface area contributed by atoms with Crippen molar-refractivity contribution in [1.82, 2.24) is 25.2 Å². The lowest BCUT2D eigenvalue weighted by atomic mass is 10.2. The molecule has 0 aliphatic heterocycles. The number of nitrogens with zero attached hydrogens (tertiary/aromatic N) is 5. The minimum absolute atomic E-state index is 0.210. The summed E-state index contributed by atoms with van der Waals surface area (Å²) in [4.78, 5) is 11.9. The molecule has 0 saturated heterocycles. The Hall–Kier alpha value is -2.25. The minimum atomic E-state index is -0.468. The zero-order valence-corrected chi connectivity index (χ0v) is 12.0. The Morgan fingerprint density at radius 3 is 2.65 bits per heavy atom. The molecule has 2 rings (SSSR count). The number of esters is 1. The highest BCUT2D eigenvalue weighted by atomic mass is 16.5. The summed E-state index contributed by atoms with van der Waals surface area (Å²) in [5.41, 5.74) is 0.816. The Balaban J connectivity index is 2.08. The molecule has 8 heteroatoms. The van der Waals surface area contributed by atoms with E-state index in [1.165, 1.54) is 4.68 Å². The van der Waals surface area contributed by atoms with Crippen LogP contribution in [0.5, 0.6) is 0 Å². The monoisotopic (exact) mass is 279 g/mol. The van der Waals surface area contributed by atoms with Crippen LogP contribution in [0, 0.1) is 19.8 Å². The summed E-state index contributed by atoms with van der Waals surface area (Å²) in [5.74, 6) is 0.701.